The van der Waals surface area contributed by atoms with Gasteiger partial charge >= 0.3 is 7.52 Å². The summed E-state index contributed by atoms with van der Waals surface area (Å²) in [5.74, 6) is 1.41. The van der Waals surface area contributed by atoms with E-state index in [1.54, 1.807) is 11.8 Å². The van der Waals surface area contributed by atoms with Crippen LogP contribution in [-0.4, -0.2) is 22.1 Å². The molecule has 0 bridgehead atoms. The minimum Gasteiger partial charge on any atom is -0.497 e. The third kappa shape index (κ3) is 3.85. The van der Waals surface area contributed by atoms with Crippen molar-refractivity contribution in [1.29, 1.82) is 0 Å². The summed E-state index contributed by atoms with van der Waals surface area (Å²) in [5.41, 5.74) is 3.59. The topological polar surface area (TPSA) is 78.3 Å². The summed E-state index contributed by atoms with van der Waals surface area (Å²) in [5, 5.41) is 12.2. The predicted molar refractivity (Wildman–Crippen MR) is 119 cm³/mol. The first-order valence-electron chi connectivity index (χ1n) is 9.90. The number of nitrogens with zero attached hydrogens (tertiary/aromatic N) is 3. The zero-order chi connectivity index (χ0) is 21.3. The smallest absolute Gasteiger partial charge is 0.347 e. The highest BCUT2D eigenvalue weighted by atomic mass is 31.2. The fourth-order valence-corrected chi connectivity index (χ4v) is 5.61. The highest BCUT2D eigenvalue weighted by Crippen LogP contribution is 2.51. The number of aromatic nitrogens is 3. The van der Waals surface area contributed by atoms with Gasteiger partial charge in [-0.3, -0.25) is 4.57 Å². The first-order valence-corrected chi connectivity index (χ1v) is 11.5. The molecule has 4 aromatic rings. The van der Waals surface area contributed by atoms with E-state index in [1.807, 2.05) is 79.0 Å². The Morgan fingerprint density at radius 1 is 1.03 bits per heavy atom. The molecule has 0 radical (unpaired) electrons. The second kappa shape index (κ2) is 8.02. The molecule has 1 aliphatic rings. The lowest BCUT2D eigenvalue weighted by Crippen LogP contribution is -2.27. The standard InChI is InChI=1S/C23H21N4O3P/c1-29-19-8-6-7-17(13-19)15-27-16-18(25-26-27)14-24-31(28)23-12-5-3-10-21(23)20-9-2-4-11-22(20)30-31/h2-13,16H,14-15H2,1H3,(H,24,28). The molecule has 31 heavy (non-hydrogen) atoms. The highest BCUT2D eigenvalue weighted by molar-refractivity contribution is 7.65. The van der Waals surface area contributed by atoms with E-state index >= 15 is 0 Å². The van der Waals surface area contributed by atoms with Crippen LogP contribution in [0.2, 0.25) is 0 Å². The van der Waals surface area contributed by atoms with E-state index in [1.165, 1.54) is 0 Å². The second-order valence-corrected chi connectivity index (χ2v) is 9.33. The Balaban J connectivity index is 1.34. The number of hydrogen-bond acceptors (Lipinski definition) is 5. The number of fused-ring (bicyclic) bond motifs is 3. The van der Waals surface area contributed by atoms with Crippen molar-refractivity contribution in [2.45, 2.75) is 13.1 Å². The van der Waals surface area contributed by atoms with Crippen molar-refractivity contribution in [1.82, 2.24) is 20.1 Å². The molecule has 0 saturated heterocycles. The number of hydrogen-bond donors (Lipinski definition) is 1. The molecule has 0 saturated carbocycles. The van der Waals surface area contributed by atoms with Crippen LogP contribution in [0, 0.1) is 0 Å². The van der Waals surface area contributed by atoms with Crippen LogP contribution in [-0.2, 0) is 17.7 Å². The van der Waals surface area contributed by atoms with E-state index < -0.39 is 7.52 Å². The summed E-state index contributed by atoms with van der Waals surface area (Å²) in [6.07, 6.45) is 1.84. The van der Waals surface area contributed by atoms with Crippen LogP contribution in [0.4, 0.5) is 0 Å². The Hall–Kier alpha value is -3.41. The first-order chi connectivity index (χ1) is 15.1. The molecule has 2 heterocycles. The van der Waals surface area contributed by atoms with Crippen LogP contribution >= 0.6 is 7.52 Å². The van der Waals surface area contributed by atoms with Gasteiger partial charge in [-0.25, -0.2) is 9.77 Å². The lowest BCUT2D eigenvalue weighted by atomic mass is 10.0. The summed E-state index contributed by atoms with van der Waals surface area (Å²) >= 11 is 0. The van der Waals surface area contributed by atoms with E-state index in [0.29, 0.717) is 23.3 Å². The molecule has 0 spiro atoms. The number of para-hydroxylation sites is 1. The maximum atomic E-state index is 13.8. The van der Waals surface area contributed by atoms with Gasteiger partial charge in [-0.05, 0) is 29.8 Å². The van der Waals surface area contributed by atoms with Gasteiger partial charge in [0.25, 0.3) is 0 Å². The Morgan fingerprint density at radius 3 is 2.71 bits per heavy atom. The quantitative estimate of drug-likeness (QED) is 0.464. The van der Waals surface area contributed by atoms with Gasteiger partial charge in [0.2, 0.25) is 0 Å². The van der Waals surface area contributed by atoms with Gasteiger partial charge in [0.1, 0.15) is 11.5 Å². The van der Waals surface area contributed by atoms with Crippen LogP contribution < -0.4 is 19.7 Å². The molecule has 1 unspecified atom stereocenters. The minimum absolute atomic E-state index is 0.270. The van der Waals surface area contributed by atoms with E-state index in [2.05, 4.69) is 15.4 Å². The molecular formula is C23H21N4O3P. The van der Waals surface area contributed by atoms with Crippen LogP contribution in [0.25, 0.3) is 11.1 Å². The van der Waals surface area contributed by atoms with E-state index in [0.717, 1.165) is 22.4 Å². The SMILES string of the molecule is COc1cccc(Cn2cc(CNP3(=O)Oc4ccccc4-c4ccccc43)nn2)c1. The fourth-order valence-electron chi connectivity index (χ4n) is 3.67. The summed E-state index contributed by atoms with van der Waals surface area (Å²) in [7, 11) is -1.67. The first kappa shape index (κ1) is 19.5. The number of methoxy groups -OCH3 is 1. The van der Waals surface area contributed by atoms with Crippen LogP contribution in [0.3, 0.4) is 0 Å². The lowest BCUT2D eigenvalue weighted by Gasteiger charge is -2.28. The van der Waals surface area contributed by atoms with Gasteiger partial charge in [-0.15, -0.1) is 5.10 Å². The third-order valence-electron chi connectivity index (χ3n) is 5.16. The average molecular weight is 432 g/mol. The van der Waals surface area contributed by atoms with Crippen molar-refractivity contribution in [2.24, 2.45) is 0 Å². The molecule has 1 atom stereocenters. The third-order valence-corrected chi connectivity index (χ3v) is 7.21. The van der Waals surface area contributed by atoms with E-state index in [9.17, 15) is 4.57 Å². The van der Waals surface area contributed by atoms with Crippen LogP contribution in [0.5, 0.6) is 11.5 Å². The summed E-state index contributed by atoms with van der Waals surface area (Å²) in [6.45, 7) is 0.834. The fraction of sp³-hybridized carbons (Fsp3) is 0.130. The molecule has 1 aromatic heterocycles. The molecule has 7 nitrogen and oxygen atoms in total. The van der Waals surface area contributed by atoms with E-state index in [4.69, 9.17) is 9.26 Å². The van der Waals surface area contributed by atoms with Crippen molar-refractivity contribution in [3.05, 3.63) is 90.3 Å². The molecule has 0 aliphatic carbocycles. The van der Waals surface area contributed by atoms with Crippen LogP contribution in [0.1, 0.15) is 11.3 Å². The largest absolute Gasteiger partial charge is 0.497 e. The van der Waals surface area contributed by atoms with Crippen LogP contribution in [0.15, 0.2) is 79.0 Å². The molecule has 0 amide bonds. The number of rotatable bonds is 6. The second-order valence-electron chi connectivity index (χ2n) is 7.25. The molecular weight excluding hydrogens is 411 g/mol. The zero-order valence-electron chi connectivity index (χ0n) is 16.9. The number of nitrogens with one attached hydrogen (secondary N) is 1. The van der Waals surface area contributed by atoms with Gasteiger partial charge in [-0.1, -0.05) is 53.7 Å². The monoisotopic (exact) mass is 432 g/mol. The molecule has 156 valence electrons. The summed E-state index contributed by atoms with van der Waals surface area (Å²) < 4.78 is 26.7. The maximum absolute atomic E-state index is 13.8. The average Bonchev–Trinajstić information content (AvgIpc) is 3.25. The van der Waals surface area contributed by atoms with Crippen molar-refractivity contribution in [3.63, 3.8) is 0 Å². The normalized spacial score (nSPS) is 16.8. The predicted octanol–water partition coefficient (Wildman–Crippen LogP) is 4.00. The molecule has 5 rings (SSSR count). The molecule has 1 N–H and O–H groups in total. The summed E-state index contributed by atoms with van der Waals surface area (Å²) in [4.78, 5) is 0. The van der Waals surface area contributed by atoms with Gasteiger partial charge < -0.3 is 9.26 Å². The van der Waals surface area contributed by atoms with Gasteiger partial charge in [-0.2, -0.15) is 0 Å². The number of benzene rings is 3. The Bertz CT molecular complexity index is 1290. The Morgan fingerprint density at radius 2 is 1.84 bits per heavy atom. The molecule has 0 fully saturated rings. The highest BCUT2D eigenvalue weighted by Gasteiger charge is 2.35. The molecule has 3 aromatic carbocycles. The zero-order valence-corrected chi connectivity index (χ0v) is 17.8. The van der Waals surface area contributed by atoms with Crippen molar-refractivity contribution in [2.75, 3.05) is 7.11 Å². The van der Waals surface area contributed by atoms with Crippen molar-refractivity contribution >= 4 is 12.8 Å². The Kier molecular flexibility index (Phi) is 5.06. The summed E-state index contributed by atoms with van der Waals surface area (Å²) in [6, 6.07) is 23.1. The molecule has 8 heteroatoms. The minimum atomic E-state index is -3.31. The lowest BCUT2D eigenvalue weighted by molar-refractivity contribution is 0.414. The Labute approximate surface area is 180 Å². The number of ether oxygens (including phenoxy) is 1. The van der Waals surface area contributed by atoms with E-state index in [-0.39, 0.29) is 6.54 Å². The molecule has 1 aliphatic heterocycles. The maximum Gasteiger partial charge on any atom is 0.347 e. The van der Waals surface area contributed by atoms with Gasteiger partial charge in [0.05, 0.1) is 37.4 Å². The van der Waals surface area contributed by atoms with Gasteiger partial charge in [0, 0.05) is 11.1 Å². The van der Waals surface area contributed by atoms with Gasteiger partial charge in [0.15, 0.2) is 0 Å². The van der Waals surface area contributed by atoms with Crippen molar-refractivity contribution < 1.29 is 13.8 Å². The van der Waals surface area contributed by atoms with Crippen molar-refractivity contribution in [3.8, 4) is 22.6 Å².